The maximum absolute atomic E-state index is 11.9. The number of rotatable bonds is 5. The summed E-state index contributed by atoms with van der Waals surface area (Å²) in [6.07, 6.45) is 2.53. The summed E-state index contributed by atoms with van der Waals surface area (Å²) in [5.41, 5.74) is 1.52. The van der Waals surface area contributed by atoms with Gasteiger partial charge in [0.1, 0.15) is 0 Å². The van der Waals surface area contributed by atoms with Crippen LogP contribution in [-0.4, -0.2) is 23.3 Å². The molecule has 1 heterocycles. The molecule has 0 fully saturated rings. The van der Waals surface area contributed by atoms with Crippen LogP contribution in [0.1, 0.15) is 36.3 Å². The Morgan fingerprint density at radius 3 is 2.82 bits per heavy atom. The fraction of sp³-hybridized carbons (Fsp3) is 0.538. The second-order valence-corrected chi connectivity index (χ2v) is 5.35. The summed E-state index contributed by atoms with van der Waals surface area (Å²) in [6, 6.07) is 3.50. The number of carbonyl (C=O) groups is 1. The third kappa shape index (κ3) is 4.73. The second-order valence-electron chi connectivity index (χ2n) is 4.97. The van der Waals surface area contributed by atoms with Gasteiger partial charge in [-0.25, -0.2) is 0 Å². The molecule has 0 aromatic carbocycles. The lowest BCUT2D eigenvalue weighted by Gasteiger charge is -2.23. The smallest absolute Gasteiger partial charge is 0.251 e. The lowest BCUT2D eigenvalue weighted by Crippen LogP contribution is -2.34. The number of carbonyl (C=O) groups excluding carboxylic acids is 1. The highest BCUT2D eigenvalue weighted by molar-refractivity contribution is 6.17. The van der Waals surface area contributed by atoms with Crippen molar-refractivity contribution in [3.8, 4) is 0 Å². The molecule has 3 nitrogen and oxygen atoms in total. The van der Waals surface area contributed by atoms with Gasteiger partial charge >= 0.3 is 0 Å². The molecule has 0 atom stereocenters. The van der Waals surface area contributed by atoms with Crippen LogP contribution in [0.2, 0.25) is 0 Å². The van der Waals surface area contributed by atoms with Crippen LogP contribution in [-0.2, 0) is 0 Å². The molecule has 0 unspecified atom stereocenters. The van der Waals surface area contributed by atoms with E-state index < -0.39 is 0 Å². The van der Waals surface area contributed by atoms with Crippen LogP contribution >= 0.6 is 11.6 Å². The summed E-state index contributed by atoms with van der Waals surface area (Å²) in [4.78, 5) is 15.9. The van der Waals surface area contributed by atoms with Crippen LogP contribution in [0.15, 0.2) is 18.3 Å². The Morgan fingerprint density at radius 1 is 1.53 bits per heavy atom. The van der Waals surface area contributed by atoms with E-state index in [1.165, 1.54) is 0 Å². The van der Waals surface area contributed by atoms with Crippen molar-refractivity contribution in [2.75, 3.05) is 12.4 Å². The molecule has 1 N–H and O–H groups in total. The highest BCUT2D eigenvalue weighted by Crippen LogP contribution is 2.19. The average molecular weight is 255 g/mol. The van der Waals surface area contributed by atoms with E-state index in [4.69, 9.17) is 11.6 Å². The highest BCUT2D eigenvalue weighted by Gasteiger charge is 2.18. The quantitative estimate of drug-likeness (QED) is 0.821. The molecule has 1 amide bonds. The van der Waals surface area contributed by atoms with Crippen molar-refractivity contribution in [2.24, 2.45) is 5.41 Å². The fourth-order valence-corrected chi connectivity index (χ4v) is 1.96. The molecule has 4 heteroatoms. The number of nitrogens with zero attached hydrogens (tertiary/aromatic N) is 1. The standard InChI is InChI=1S/C13H19ClN2O/c1-10-8-11(4-7-15-10)12(17)16-9-13(2,3)5-6-14/h4,7-8H,5-6,9H2,1-3H3,(H,16,17). The Balaban J connectivity index is 2.56. The van der Waals surface area contributed by atoms with Crippen molar-refractivity contribution in [3.05, 3.63) is 29.6 Å². The lowest BCUT2D eigenvalue weighted by molar-refractivity contribution is 0.0935. The first-order valence-electron chi connectivity index (χ1n) is 5.71. The van der Waals surface area contributed by atoms with Gasteiger partial charge in [-0.2, -0.15) is 0 Å². The van der Waals surface area contributed by atoms with E-state index in [0.29, 0.717) is 18.0 Å². The van der Waals surface area contributed by atoms with Gasteiger partial charge in [0, 0.05) is 29.9 Å². The Kier molecular flexibility index (Phi) is 4.94. The number of aromatic nitrogens is 1. The zero-order valence-electron chi connectivity index (χ0n) is 10.6. The SMILES string of the molecule is Cc1cc(C(=O)NCC(C)(C)CCCl)ccn1. The fourth-order valence-electron chi connectivity index (χ4n) is 1.45. The first-order valence-corrected chi connectivity index (χ1v) is 6.25. The van der Waals surface area contributed by atoms with Gasteiger partial charge in [-0.1, -0.05) is 13.8 Å². The number of hydrogen-bond donors (Lipinski definition) is 1. The largest absolute Gasteiger partial charge is 0.352 e. The van der Waals surface area contributed by atoms with Crippen molar-refractivity contribution in [3.63, 3.8) is 0 Å². The lowest BCUT2D eigenvalue weighted by atomic mass is 9.90. The summed E-state index contributed by atoms with van der Waals surface area (Å²) >= 11 is 5.72. The molecule has 0 saturated heterocycles. The van der Waals surface area contributed by atoms with Crippen LogP contribution in [0.25, 0.3) is 0 Å². The summed E-state index contributed by atoms with van der Waals surface area (Å²) in [7, 11) is 0. The minimum absolute atomic E-state index is 0.0273. The van der Waals surface area contributed by atoms with E-state index >= 15 is 0 Å². The maximum atomic E-state index is 11.9. The summed E-state index contributed by atoms with van der Waals surface area (Å²) in [6.45, 7) is 6.68. The molecule has 0 aliphatic rings. The zero-order valence-corrected chi connectivity index (χ0v) is 11.3. The van der Waals surface area contributed by atoms with Crippen LogP contribution in [0, 0.1) is 12.3 Å². The van der Waals surface area contributed by atoms with Crippen molar-refractivity contribution < 1.29 is 4.79 Å². The zero-order chi connectivity index (χ0) is 12.9. The van der Waals surface area contributed by atoms with Crippen molar-refractivity contribution in [2.45, 2.75) is 27.2 Å². The molecule has 1 aromatic rings. The average Bonchev–Trinajstić information content (AvgIpc) is 2.26. The molecule has 0 radical (unpaired) electrons. The minimum atomic E-state index is -0.0573. The monoisotopic (exact) mass is 254 g/mol. The number of nitrogens with one attached hydrogen (secondary N) is 1. The molecule has 0 saturated carbocycles. The molecular weight excluding hydrogens is 236 g/mol. The second kappa shape index (κ2) is 6.01. The number of halogens is 1. The molecule has 1 aromatic heterocycles. The van der Waals surface area contributed by atoms with Gasteiger partial charge in [-0.3, -0.25) is 9.78 Å². The van der Waals surface area contributed by atoms with Gasteiger partial charge < -0.3 is 5.32 Å². The summed E-state index contributed by atoms with van der Waals surface area (Å²) in [5, 5.41) is 2.93. The van der Waals surface area contributed by atoms with Gasteiger partial charge in [0.05, 0.1) is 0 Å². The number of aryl methyl sites for hydroxylation is 1. The summed E-state index contributed by atoms with van der Waals surface area (Å²) in [5.74, 6) is 0.551. The Bertz CT molecular complexity index is 391. The molecule has 0 aliphatic heterocycles. The van der Waals surface area contributed by atoms with E-state index in [9.17, 15) is 4.79 Å². The van der Waals surface area contributed by atoms with Crippen molar-refractivity contribution in [1.82, 2.24) is 10.3 Å². The number of amides is 1. The predicted molar refractivity (Wildman–Crippen MR) is 70.4 cm³/mol. The predicted octanol–water partition coefficient (Wildman–Crippen LogP) is 2.77. The molecule has 1 rings (SSSR count). The molecule has 0 spiro atoms. The topological polar surface area (TPSA) is 42.0 Å². The minimum Gasteiger partial charge on any atom is -0.352 e. The van der Waals surface area contributed by atoms with E-state index in [1.807, 2.05) is 6.92 Å². The molecule has 0 aliphatic carbocycles. The van der Waals surface area contributed by atoms with Crippen molar-refractivity contribution in [1.29, 1.82) is 0 Å². The highest BCUT2D eigenvalue weighted by atomic mass is 35.5. The molecule has 94 valence electrons. The van der Waals surface area contributed by atoms with E-state index in [-0.39, 0.29) is 11.3 Å². The first kappa shape index (κ1) is 14.0. The van der Waals surface area contributed by atoms with Gasteiger partial charge in [0.2, 0.25) is 0 Å². The Hall–Kier alpha value is -1.09. The van der Waals surface area contributed by atoms with Gasteiger partial charge in [0.15, 0.2) is 0 Å². The maximum Gasteiger partial charge on any atom is 0.251 e. The normalized spacial score (nSPS) is 11.3. The van der Waals surface area contributed by atoms with E-state index in [2.05, 4.69) is 24.1 Å². The Morgan fingerprint density at radius 2 is 2.24 bits per heavy atom. The third-order valence-electron chi connectivity index (χ3n) is 2.66. The van der Waals surface area contributed by atoms with Crippen LogP contribution < -0.4 is 5.32 Å². The van der Waals surface area contributed by atoms with Gasteiger partial charge in [-0.15, -0.1) is 11.6 Å². The van der Waals surface area contributed by atoms with E-state index in [1.54, 1.807) is 18.3 Å². The first-order chi connectivity index (χ1) is 7.94. The van der Waals surface area contributed by atoms with E-state index in [0.717, 1.165) is 12.1 Å². The molecular formula is C13H19ClN2O. The van der Waals surface area contributed by atoms with Gasteiger partial charge in [0.25, 0.3) is 5.91 Å². The van der Waals surface area contributed by atoms with Crippen LogP contribution in [0.4, 0.5) is 0 Å². The number of alkyl halides is 1. The Labute approximate surface area is 108 Å². The van der Waals surface area contributed by atoms with Crippen molar-refractivity contribution >= 4 is 17.5 Å². The van der Waals surface area contributed by atoms with Crippen LogP contribution in [0.5, 0.6) is 0 Å². The summed E-state index contributed by atoms with van der Waals surface area (Å²) < 4.78 is 0. The molecule has 17 heavy (non-hydrogen) atoms. The van der Waals surface area contributed by atoms with Gasteiger partial charge in [-0.05, 0) is 30.9 Å². The third-order valence-corrected chi connectivity index (χ3v) is 2.85. The number of pyridine rings is 1. The molecule has 0 bridgehead atoms. The van der Waals surface area contributed by atoms with Crippen LogP contribution in [0.3, 0.4) is 0 Å². The number of hydrogen-bond acceptors (Lipinski definition) is 2.